The molecule has 0 aromatic carbocycles. The molecule has 7 heteroatoms. The second-order valence-electron chi connectivity index (χ2n) is 5.55. The van der Waals surface area contributed by atoms with Crippen molar-refractivity contribution in [2.75, 3.05) is 13.6 Å². The van der Waals surface area contributed by atoms with Gasteiger partial charge >= 0.3 is 0 Å². The van der Waals surface area contributed by atoms with E-state index in [0.717, 1.165) is 24.1 Å². The van der Waals surface area contributed by atoms with E-state index in [0.29, 0.717) is 24.4 Å². The summed E-state index contributed by atoms with van der Waals surface area (Å²) in [4.78, 5) is 0. The predicted molar refractivity (Wildman–Crippen MR) is 83.6 cm³/mol. The van der Waals surface area contributed by atoms with Gasteiger partial charge in [-0.25, -0.2) is 0 Å². The number of ether oxygens (including phenoxy) is 1. The third kappa shape index (κ3) is 2.74. The van der Waals surface area contributed by atoms with Gasteiger partial charge in [-0.05, 0) is 19.9 Å². The lowest BCUT2D eigenvalue weighted by molar-refractivity contribution is 0.332. The topological polar surface area (TPSA) is 91.0 Å². The normalized spacial score (nSPS) is 21.1. The molecule has 0 amide bonds. The molecular weight excluding hydrogens is 286 g/mol. The first-order chi connectivity index (χ1) is 9.93. The Morgan fingerprint density at radius 2 is 2.29 bits per heavy atom. The lowest BCUT2D eigenvalue weighted by atomic mass is 9.72. The highest BCUT2D eigenvalue weighted by Crippen LogP contribution is 2.45. The van der Waals surface area contributed by atoms with Crippen molar-refractivity contribution in [3.05, 3.63) is 22.7 Å². The Morgan fingerprint density at radius 1 is 1.57 bits per heavy atom. The molecular formula is C14H21N5OS. The number of aromatic amines is 1. The highest BCUT2D eigenvalue weighted by atomic mass is 32.1. The lowest BCUT2D eigenvalue weighted by Crippen LogP contribution is -2.35. The summed E-state index contributed by atoms with van der Waals surface area (Å²) >= 11 is 4.29. The molecule has 0 bridgehead atoms. The smallest absolute Gasteiger partial charge is 0.244 e. The van der Waals surface area contributed by atoms with E-state index >= 15 is 0 Å². The van der Waals surface area contributed by atoms with Crippen molar-refractivity contribution in [3.8, 4) is 11.9 Å². The van der Waals surface area contributed by atoms with Gasteiger partial charge in [0.15, 0.2) is 0 Å². The second-order valence-corrected chi connectivity index (χ2v) is 6.23. The Kier molecular flexibility index (Phi) is 4.49. The van der Waals surface area contributed by atoms with Gasteiger partial charge in [0.2, 0.25) is 11.8 Å². The molecule has 0 spiro atoms. The summed E-state index contributed by atoms with van der Waals surface area (Å²) < 4.78 is 7.32. The molecule has 6 nitrogen and oxygen atoms in total. The number of nitrogens with one attached hydrogen (secondary N) is 1. The summed E-state index contributed by atoms with van der Waals surface area (Å²) in [7, 11) is 1.88. The number of nitrogens with zero attached hydrogens (tertiary/aromatic N) is 3. The van der Waals surface area contributed by atoms with Crippen molar-refractivity contribution >= 4 is 12.8 Å². The Morgan fingerprint density at radius 3 is 2.86 bits per heavy atom. The molecule has 0 saturated carbocycles. The van der Waals surface area contributed by atoms with Crippen molar-refractivity contribution in [2.24, 2.45) is 5.73 Å². The maximum atomic E-state index is 9.51. The second kappa shape index (κ2) is 6.00. The maximum Gasteiger partial charge on any atom is 0.244 e. The number of hydrogen-bond acceptors (Lipinski definition) is 6. The highest BCUT2D eigenvalue weighted by Gasteiger charge is 2.43. The number of rotatable bonds is 5. The van der Waals surface area contributed by atoms with Crippen molar-refractivity contribution < 1.29 is 4.74 Å². The first kappa shape index (κ1) is 15.7. The largest absolute Gasteiger partial charge is 0.420 e. The molecule has 2 heterocycles. The van der Waals surface area contributed by atoms with Crippen molar-refractivity contribution in [1.82, 2.24) is 14.5 Å². The minimum absolute atomic E-state index is 0.142. The van der Waals surface area contributed by atoms with E-state index < -0.39 is 5.41 Å². The zero-order valence-corrected chi connectivity index (χ0v) is 13.5. The number of aryl methyl sites for hydroxylation is 1. The van der Waals surface area contributed by atoms with Gasteiger partial charge in [0, 0.05) is 23.2 Å². The van der Waals surface area contributed by atoms with Crippen molar-refractivity contribution in [2.45, 2.75) is 38.5 Å². The SMILES string of the molecule is CCCc1[nH]nc2c1C(C)(CCN(C)S)C(C#N)=C(N)O2. The number of allylic oxidation sites excluding steroid dienone is 1. The van der Waals surface area contributed by atoms with Gasteiger partial charge in [-0.2, -0.15) is 5.26 Å². The molecule has 0 radical (unpaired) electrons. The molecule has 1 aliphatic rings. The first-order valence-electron chi connectivity index (χ1n) is 7.00. The van der Waals surface area contributed by atoms with Gasteiger partial charge in [-0.1, -0.05) is 33.1 Å². The summed E-state index contributed by atoms with van der Waals surface area (Å²) in [6.45, 7) is 4.84. The van der Waals surface area contributed by atoms with Crippen LogP contribution in [0.4, 0.5) is 0 Å². The summed E-state index contributed by atoms with van der Waals surface area (Å²) in [6, 6.07) is 2.21. The zero-order valence-electron chi connectivity index (χ0n) is 12.6. The van der Waals surface area contributed by atoms with Crippen molar-refractivity contribution in [3.63, 3.8) is 0 Å². The Bertz CT molecular complexity index is 601. The maximum absolute atomic E-state index is 9.51. The predicted octanol–water partition coefficient (Wildman–Crippen LogP) is 1.87. The van der Waals surface area contributed by atoms with Crippen LogP contribution >= 0.6 is 12.8 Å². The molecule has 1 aromatic rings. The highest BCUT2D eigenvalue weighted by molar-refractivity contribution is 7.77. The van der Waals surface area contributed by atoms with Gasteiger partial charge in [0.1, 0.15) is 6.07 Å². The van der Waals surface area contributed by atoms with Gasteiger partial charge in [-0.3, -0.25) is 9.40 Å². The average Bonchev–Trinajstić information content (AvgIpc) is 2.81. The van der Waals surface area contributed by atoms with E-state index in [-0.39, 0.29) is 5.88 Å². The number of thiol groups is 1. The summed E-state index contributed by atoms with van der Waals surface area (Å²) in [5.41, 5.74) is 7.83. The lowest BCUT2D eigenvalue weighted by Gasteiger charge is -2.34. The minimum atomic E-state index is -0.513. The molecule has 1 unspecified atom stereocenters. The molecule has 0 saturated heterocycles. The Hall–Kier alpha value is -1.65. The molecule has 0 fully saturated rings. The quantitative estimate of drug-likeness (QED) is 0.722. The molecule has 2 rings (SSSR count). The number of fused-ring (bicyclic) bond motifs is 1. The van der Waals surface area contributed by atoms with Crippen LogP contribution in [-0.4, -0.2) is 28.1 Å². The van der Waals surface area contributed by atoms with Gasteiger partial charge in [-0.15, -0.1) is 5.10 Å². The molecule has 1 aliphatic heterocycles. The molecule has 0 aliphatic carbocycles. The summed E-state index contributed by atoms with van der Waals surface area (Å²) in [5, 5.41) is 16.8. The Labute approximate surface area is 130 Å². The molecule has 3 N–H and O–H groups in total. The van der Waals surface area contributed by atoms with Crippen LogP contribution in [0.25, 0.3) is 0 Å². The molecule has 1 atom stereocenters. The van der Waals surface area contributed by atoms with E-state index in [1.165, 1.54) is 0 Å². The molecule has 21 heavy (non-hydrogen) atoms. The van der Waals surface area contributed by atoms with E-state index in [2.05, 4.69) is 36.0 Å². The van der Waals surface area contributed by atoms with Gasteiger partial charge in [0.05, 0.1) is 5.57 Å². The number of aromatic nitrogens is 2. The minimum Gasteiger partial charge on any atom is -0.420 e. The standard InChI is InChI=1S/C14H21N5OS/c1-4-5-10-11-13(18-17-10)20-12(16)9(8-15)14(11,2)6-7-19(3)21/h21H,4-7,16H2,1-3H3,(H,17,18). The van der Waals surface area contributed by atoms with Crippen LogP contribution in [0.1, 0.15) is 37.9 Å². The third-order valence-electron chi connectivity index (χ3n) is 3.91. The van der Waals surface area contributed by atoms with Crippen LogP contribution in [0.3, 0.4) is 0 Å². The van der Waals surface area contributed by atoms with Crippen LogP contribution in [0.2, 0.25) is 0 Å². The van der Waals surface area contributed by atoms with Crippen LogP contribution < -0.4 is 10.5 Å². The fourth-order valence-corrected chi connectivity index (χ4v) is 2.90. The summed E-state index contributed by atoms with van der Waals surface area (Å²) in [5.74, 6) is 0.628. The van der Waals surface area contributed by atoms with Gasteiger partial charge in [0.25, 0.3) is 0 Å². The fourth-order valence-electron chi connectivity index (χ4n) is 2.80. The van der Waals surface area contributed by atoms with E-state index in [1.807, 2.05) is 14.0 Å². The van der Waals surface area contributed by atoms with E-state index in [9.17, 15) is 5.26 Å². The van der Waals surface area contributed by atoms with Crippen LogP contribution in [0.15, 0.2) is 11.5 Å². The summed E-state index contributed by atoms with van der Waals surface area (Å²) in [6.07, 6.45) is 2.55. The molecule has 114 valence electrons. The number of hydrogen-bond donors (Lipinski definition) is 3. The number of nitrogens with two attached hydrogens (primary N) is 1. The molecule has 1 aromatic heterocycles. The Balaban J connectivity index is 2.53. The number of H-pyrrole nitrogens is 1. The van der Waals surface area contributed by atoms with Crippen molar-refractivity contribution in [1.29, 1.82) is 5.26 Å². The first-order valence-corrected chi connectivity index (χ1v) is 7.40. The van der Waals surface area contributed by atoms with Crippen LogP contribution in [-0.2, 0) is 11.8 Å². The number of nitriles is 1. The fraction of sp³-hybridized carbons (Fsp3) is 0.571. The van der Waals surface area contributed by atoms with Gasteiger partial charge < -0.3 is 10.5 Å². The third-order valence-corrected chi connectivity index (χ3v) is 4.11. The van der Waals surface area contributed by atoms with Crippen LogP contribution in [0, 0.1) is 11.3 Å². The van der Waals surface area contributed by atoms with E-state index in [1.54, 1.807) is 4.31 Å². The zero-order chi connectivity index (χ0) is 15.6. The monoisotopic (exact) mass is 307 g/mol. The van der Waals surface area contributed by atoms with E-state index in [4.69, 9.17) is 10.5 Å². The average molecular weight is 307 g/mol. The van der Waals surface area contributed by atoms with Crippen LogP contribution in [0.5, 0.6) is 5.88 Å².